The van der Waals surface area contributed by atoms with Crippen molar-refractivity contribution >= 4 is 0 Å². The van der Waals surface area contributed by atoms with Gasteiger partial charge in [-0.05, 0) is 18.8 Å². The van der Waals surface area contributed by atoms with E-state index < -0.39 is 0 Å². The largest absolute Gasteiger partial charge is 0.393 e. The molecule has 0 bridgehead atoms. The Kier molecular flexibility index (Phi) is 0.845. The van der Waals surface area contributed by atoms with Crippen LogP contribution in [0, 0.1) is 5.92 Å². The molecule has 0 aromatic heterocycles. The topological polar surface area (TPSA) is 20.2 Å². The molecule has 36 valence electrons. The first kappa shape index (κ1) is 4.13. The van der Waals surface area contributed by atoms with Crippen molar-refractivity contribution in [1.29, 1.82) is 0 Å². The maximum absolute atomic E-state index is 8.72. The second-order valence-electron chi connectivity index (χ2n) is 2.12. The summed E-state index contributed by atoms with van der Waals surface area (Å²) >= 11 is 0. The Hall–Kier alpha value is -0.0400. The van der Waals surface area contributed by atoms with E-state index in [0.29, 0.717) is 5.92 Å². The van der Waals surface area contributed by atoms with Crippen LogP contribution in [0.25, 0.3) is 0 Å². The molecule has 0 unspecified atom stereocenters. The van der Waals surface area contributed by atoms with E-state index in [9.17, 15) is 0 Å². The third kappa shape index (κ3) is 0.432. The molecule has 1 rings (SSSR count). The molecular weight excluding hydrogens is 76.1 g/mol. The van der Waals surface area contributed by atoms with Crippen LogP contribution in [0.2, 0.25) is 0 Å². The molecule has 1 N–H and O–H groups in total. The van der Waals surface area contributed by atoms with Crippen LogP contribution < -0.4 is 0 Å². The van der Waals surface area contributed by atoms with Gasteiger partial charge in [0.2, 0.25) is 0 Å². The molecule has 0 amide bonds. The molecule has 0 spiro atoms. The maximum Gasteiger partial charge on any atom is 0.0565 e. The summed E-state index contributed by atoms with van der Waals surface area (Å²) in [6, 6.07) is 0. The van der Waals surface area contributed by atoms with Crippen LogP contribution in [0.15, 0.2) is 0 Å². The van der Waals surface area contributed by atoms with Crippen molar-refractivity contribution in [2.24, 2.45) is 5.92 Å². The Morgan fingerprint density at radius 3 is 2.00 bits per heavy atom. The minimum atomic E-state index is 0.0324. The average molecular weight is 86.1 g/mol. The molecule has 2 atom stereocenters. The zero-order chi connectivity index (χ0) is 4.57. The molecule has 0 heterocycles. The highest BCUT2D eigenvalue weighted by molar-refractivity contribution is 4.74. The van der Waals surface area contributed by atoms with Crippen LogP contribution in [0.5, 0.6) is 0 Å². The summed E-state index contributed by atoms with van der Waals surface area (Å²) in [7, 11) is 0. The fourth-order valence-corrected chi connectivity index (χ4v) is 0.649. The van der Waals surface area contributed by atoms with Gasteiger partial charge in [0.15, 0.2) is 0 Å². The van der Waals surface area contributed by atoms with Crippen molar-refractivity contribution < 1.29 is 5.11 Å². The van der Waals surface area contributed by atoms with Gasteiger partial charge in [0.25, 0.3) is 0 Å². The van der Waals surface area contributed by atoms with Crippen molar-refractivity contribution in [3.8, 4) is 0 Å². The van der Waals surface area contributed by atoms with Crippen molar-refractivity contribution in [1.82, 2.24) is 0 Å². The molecular formula is C5H10O. The molecule has 0 aromatic rings. The van der Waals surface area contributed by atoms with Gasteiger partial charge < -0.3 is 5.11 Å². The minimum Gasteiger partial charge on any atom is -0.393 e. The Labute approximate surface area is 38.0 Å². The lowest BCUT2D eigenvalue weighted by Gasteiger charge is -2.28. The zero-order valence-electron chi connectivity index (χ0n) is 4.02. The average Bonchev–Trinajstić information content (AvgIpc) is 1.61. The second kappa shape index (κ2) is 1.23. The van der Waals surface area contributed by atoms with Crippen LogP contribution in [0.1, 0.15) is 19.8 Å². The van der Waals surface area contributed by atoms with Gasteiger partial charge in [-0.25, -0.2) is 0 Å². The summed E-state index contributed by atoms with van der Waals surface area (Å²) in [6.07, 6.45) is 2.28. The summed E-state index contributed by atoms with van der Waals surface area (Å²) in [4.78, 5) is 0. The van der Waals surface area contributed by atoms with Gasteiger partial charge in [-0.2, -0.15) is 0 Å². The fraction of sp³-hybridized carbons (Fsp3) is 1.00. The highest BCUT2D eigenvalue weighted by Crippen LogP contribution is 2.25. The summed E-state index contributed by atoms with van der Waals surface area (Å²) in [5.41, 5.74) is 0. The van der Waals surface area contributed by atoms with E-state index >= 15 is 0 Å². The second-order valence-corrected chi connectivity index (χ2v) is 2.12. The lowest BCUT2D eigenvalue weighted by Crippen LogP contribution is -2.27. The molecule has 0 radical (unpaired) electrons. The van der Waals surface area contributed by atoms with Crippen molar-refractivity contribution in [3.63, 3.8) is 0 Å². The van der Waals surface area contributed by atoms with E-state index in [2.05, 4.69) is 6.92 Å². The smallest absolute Gasteiger partial charge is 0.0565 e. The summed E-state index contributed by atoms with van der Waals surface area (Å²) in [5.74, 6) is 0.588. The molecule has 1 aliphatic carbocycles. The van der Waals surface area contributed by atoms with E-state index in [0.717, 1.165) is 6.42 Å². The molecule has 6 heavy (non-hydrogen) atoms. The SMILES string of the molecule is C[C@H]1CC[C@H]1O. The molecule has 1 aliphatic rings. The number of aliphatic hydroxyl groups excluding tert-OH is 1. The quantitative estimate of drug-likeness (QED) is 0.462. The van der Waals surface area contributed by atoms with Crippen LogP contribution in [-0.2, 0) is 0 Å². The third-order valence-corrected chi connectivity index (χ3v) is 1.57. The molecule has 1 nitrogen and oxygen atoms in total. The van der Waals surface area contributed by atoms with Crippen molar-refractivity contribution in [3.05, 3.63) is 0 Å². The van der Waals surface area contributed by atoms with Gasteiger partial charge in [0.05, 0.1) is 6.10 Å². The van der Waals surface area contributed by atoms with Gasteiger partial charge in [-0.1, -0.05) is 6.92 Å². The van der Waals surface area contributed by atoms with E-state index in [1.165, 1.54) is 6.42 Å². The predicted octanol–water partition coefficient (Wildman–Crippen LogP) is 0.777. The normalized spacial score (nSPS) is 45.0. The first-order valence-corrected chi connectivity index (χ1v) is 2.49. The molecule has 1 heteroatoms. The van der Waals surface area contributed by atoms with E-state index in [1.807, 2.05) is 0 Å². The van der Waals surface area contributed by atoms with E-state index in [-0.39, 0.29) is 6.10 Å². The molecule has 1 saturated carbocycles. The summed E-state index contributed by atoms with van der Waals surface area (Å²) < 4.78 is 0. The monoisotopic (exact) mass is 86.1 g/mol. The highest BCUT2D eigenvalue weighted by atomic mass is 16.3. The third-order valence-electron chi connectivity index (χ3n) is 1.57. The fourth-order valence-electron chi connectivity index (χ4n) is 0.649. The lowest BCUT2D eigenvalue weighted by molar-refractivity contribution is 0.0346. The van der Waals surface area contributed by atoms with Crippen LogP contribution in [0.4, 0.5) is 0 Å². The van der Waals surface area contributed by atoms with Crippen LogP contribution >= 0.6 is 0 Å². The maximum atomic E-state index is 8.72. The number of rotatable bonds is 0. The molecule has 0 saturated heterocycles. The summed E-state index contributed by atoms with van der Waals surface area (Å²) in [6.45, 7) is 2.08. The highest BCUT2D eigenvalue weighted by Gasteiger charge is 2.23. The molecule has 0 aromatic carbocycles. The first-order chi connectivity index (χ1) is 2.80. The molecule has 1 fully saturated rings. The lowest BCUT2D eigenvalue weighted by atomic mass is 9.84. The van der Waals surface area contributed by atoms with E-state index in [1.54, 1.807) is 0 Å². The zero-order valence-corrected chi connectivity index (χ0v) is 4.02. The van der Waals surface area contributed by atoms with E-state index in [4.69, 9.17) is 5.11 Å². The predicted molar refractivity (Wildman–Crippen MR) is 24.4 cm³/mol. The number of hydrogen-bond donors (Lipinski definition) is 1. The summed E-state index contributed by atoms with van der Waals surface area (Å²) in [5, 5.41) is 8.72. The van der Waals surface area contributed by atoms with Crippen LogP contribution in [-0.4, -0.2) is 11.2 Å². The minimum absolute atomic E-state index is 0.0324. The molecule has 0 aliphatic heterocycles. The van der Waals surface area contributed by atoms with Crippen molar-refractivity contribution in [2.45, 2.75) is 25.9 Å². The van der Waals surface area contributed by atoms with Gasteiger partial charge >= 0.3 is 0 Å². The number of hydrogen-bond acceptors (Lipinski definition) is 1. The number of aliphatic hydroxyl groups is 1. The Morgan fingerprint density at radius 1 is 1.50 bits per heavy atom. The van der Waals surface area contributed by atoms with Gasteiger partial charge in [-0.3, -0.25) is 0 Å². The van der Waals surface area contributed by atoms with Gasteiger partial charge in [0.1, 0.15) is 0 Å². The Morgan fingerprint density at radius 2 is 2.00 bits per heavy atom. The van der Waals surface area contributed by atoms with Gasteiger partial charge in [0, 0.05) is 0 Å². The first-order valence-electron chi connectivity index (χ1n) is 2.49. The Balaban J connectivity index is 2.20. The van der Waals surface area contributed by atoms with Gasteiger partial charge in [-0.15, -0.1) is 0 Å². The van der Waals surface area contributed by atoms with Crippen LogP contribution in [0.3, 0.4) is 0 Å². The standard InChI is InChI=1S/C5H10O/c1-4-2-3-5(4)6/h4-6H,2-3H2,1H3/t4-,5+/m0/s1. The Bertz CT molecular complexity index is 43.9. The van der Waals surface area contributed by atoms with Crippen molar-refractivity contribution in [2.75, 3.05) is 0 Å².